The summed E-state index contributed by atoms with van der Waals surface area (Å²) in [5.74, 6) is -0.100. The van der Waals surface area contributed by atoms with E-state index in [-0.39, 0.29) is 36.7 Å². The van der Waals surface area contributed by atoms with Crippen LogP contribution < -0.4 is 10.2 Å². The minimum absolute atomic E-state index is 0.0570. The summed E-state index contributed by atoms with van der Waals surface area (Å²) >= 11 is 0. The predicted molar refractivity (Wildman–Crippen MR) is 145 cm³/mol. The van der Waals surface area contributed by atoms with Crippen molar-refractivity contribution in [1.82, 2.24) is 9.55 Å². The van der Waals surface area contributed by atoms with Crippen LogP contribution >= 0.6 is 0 Å². The smallest absolute Gasteiger partial charge is 0.308 e. The van der Waals surface area contributed by atoms with Crippen LogP contribution in [0.15, 0.2) is 48.5 Å². The van der Waals surface area contributed by atoms with Crippen LogP contribution in [0.25, 0.3) is 11.0 Å². The zero-order valence-corrected chi connectivity index (χ0v) is 22.1. The summed E-state index contributed by atoms with van der Waals surface area (Å²) in [6, 6.07) is 14.5. The van der Waals surface area contributed by atoms with Crippen molar-refractivity contribution < 1.29 is 19.1 Å². The Bertz CT molecular complexity index is 1270. The summed E-state index contributed by atoms with van der Waals surface area (Å²) in [4.78, 5) is 44.8. The topological polar surface area (TPSA) is 93.5 Å². The monoisotopic (exact) mass is 504 g/mol. The van der Waals surface area contributed by atoms with Gasteiger partial charge in [0.25, 0.3) is 5.91 Å². The first-order chi connectivity index (χ1) is 17.6. The molecular formula is C29H36N4O4. The summed E-state index contributed by atoms with van der Waals surface area (Å²) in [5.41, 5.74) is 2.07. The molecule has 8 heteroatoms. The number of nitrogens with zero attached hydrogens (tertiary/aromatic N) is 3. The number of fused-ring (bicyclic) bond motifs is 1. The first kappa shape index (κ1) is 26.4. The summed E-state index contributed by atoms with van der Waals surface area (Å²) in [6.07, 6.45) is 5.36. The molecule has 3 aromatic rings. The van der Waals surface area contributed by atoms with E-state index in [0.717, 1.165) is 36.9 Å². The lowest BCUT2D eigenvalue weighted by molar-refractivity contribution is -0.155. The quantitative estimate of drug-likeness (QED) is 0.425. The molecule has 1 saturated carbocycles. The molecule has 0 bridgehead atoms. The number of carbonyl (C=O) groups excluding carboxylic acids is 3. The molecule has 196 valence electrons. The molecule has 8 nitrogen and oxygen atoms in total. The maximum absolute atomic E-state index is 13.1. The number of carbonyl (C=O) groups is 3. The Labute approximate surface area is 218 Å². The van der Waals surface area contributed by atoms with E-state index in [1.165, 1.54) is 6.42 Å². The van der Waals surface area contributed by atoms with Crippen LogP contribution in [0.5, 0.6) is 0 Å². The minimum Gasteiger partial charge on any atom is -0.460 e. The number of esters is 1. The maximum atomic E-state index is 13.1. The van der Waals surface area contributed by atoms with E-state index in [9.17, 15) is 14.4 Å². The molecule has 2 amide bonds. The molecule has 1 aromatic heterocycles. The molecule has 1 aliphatic rings. The van der Waals surface area contributed by atoms with E-state index in [4.69, 9.17) is 4.74 Å². The average molecular weight is 505 g/mol. The van der Waals surface area contributed by atoms with E-state index < -0.39 is 5.60 Å². The molecule has 2 aromatic carbocycles. The molecule has 0 unspecified atom stereocenters. The van der Waals surface area contributed by atoms with Crippen molar-refractivity contribution >= 4 is 40.5 Å². The SMILES string of the molecule is CN(C(=O)C1CCCCC1)c1ccc2c(c1)nc(NC(=O)c1ccccc1)n2CCC(=O)OC(C)(C)C. The molecular weight excluding hydrogens is 468 g/mol. The molecule has 0 spiro atoms. The number of nitrogens with one attached hydrogen (secondary N) is 1. The van der Waals surface area contributed by atoms with Gasteiger partial charge in [-0.1, -0.05) is 37.5 Å². The van der Waals surface area contributed by atoms with Gasteiger partial charge in [0.15, 0.2) is 0 Å². The van der Waals surface area contributed by atoms with Crippen LogP contribution in [0, 0.1) is 5.92 Å². The number of aromatic nitrogens is 2. The lowest BCUT2D eigenvalue weighted by atomic mass is 9.88. The van der Waals surface area contributed by atoms with Gasteiger partial charge in [-0.3, -0.25) is 19.7 Å². The number of hydrogen-bond donors (Lipinski definition) is 1. The lowest BCUT2D eigenvalue weighted by Crippen LogP contribution is -2.33. The summed E-state index contributed by atoms with van der Waals surface area (Å²) in [7, 11) is 1.80. The second-order valence-electron chi connectivity index (χ2n) is 10.6. The van der Waals surface area contributed by atoms with Crippen molar-refractivity contribution in [2.45, 2.75) is 71.4 Å². The Morgan fingerprint density at radius 1 is 1.05 bits per heavy atom. The first-order valence-corrected chi connectivity index (χ1v) is 13.0. The lowest BCUT2D eigenvalue weighted by Gasteiger charge is -2.26. The largest absolute Gasteiger partial charge is 0.460 e. The highest BCUT2D eigenvalue weighted by molar-refractivity contribution is 6.04. The number of rotatable bonds is 7. The fourth-order valence-electron chi connectivity index (χ4n) is 4.76. The standard InChI is InChI=1S/C29H36N4O4/c1-29(2,3)37-25(34)17-18-33-24-16-15-22(32(4)27(36)21-13-9-6-10-14-21)19-23(24)30-28(33)31-26(35)20-11-7-5-8-12-20/h5,7-8,11-12,15-16,19,21H,6,9-10,13-14,17-18H2,1-4H3,(H,30,31,35). The molecule has 0 atom stereocenters. The third-order valence-electron chi connectivity index (χ3n) is 6.62. The van der Waals surface area contributed by atoms with Crippen LogP contribution in [0.3, 0.4) is 0 Å². The van der Waals surface area contributed by atoms with Gasteiger partial charge in [-0.2, -0.15) is 0 Å². The van der Waals surface area contributed by atoms with Gasteiger partial charge in [-0.05, 0) is 63.9 Å². The highest BCUT2D eigenvalue weighted by Crippen LogP contribution is 2.30. The molecule has 1 fully saturated rings. The van der Waals surface area contributed by atoms with Crippen molar-refractivity contribution in [2.24, 2.45) is 5.92 Å². The fraction of sp³-hybridized carbons (Fsp3) is 0.448. The van der Waals surface area contributed by atoms with Crippen molar-refractivity contribution in [3.63, 3.8) is 0 Å². The molecule has 0 saturated heterocycles. The van der Waals surface area contributed by atoms with E-state index in [2.05, 4.69) is 10.3 Å². The van der Waals surface area contributed by atoms with Crippen molar-refractivity contribution in [2.75, 3.05) is 17.3 Å². The van der Waals surface area contributed by atoms with Crippen LogP contribution in [0.4, 0.5) is 11.6 Å². The molecule has 1 N–H and O–H groups in total. The zero-order chi connectivity index (χ0) is 26.6. The van der Waals surface area contributed by atoms with Gasteiger partial charge < -0.3 is 14.2 Å². The third kappa shape index (κ3) is 6.56. The number of ether oxygens (including phenoxy) is 1. The molecule has 37 heavy (non-hydrogen) atoms. The first-order valence-electron chi connectivity index (χ1n) is 13.0. The number of aryl methyl sites for hydroxylation is 1. The van der Waals surface area contributed by atoms with Gasteiger partial charge >= 0.3 is 5.97 Å². The number of imidazole rings is 1. The molecule has 1 heterocycles. The highest BCUT2D eigenvalue weighted by atomic mass is 16.6. The van der Waals surface area contributed by atoms with Gasteiger partial charge in [0.2, 0.25) is 11.9 Å². The van der Waals surface area contributed by atoms with Crippen molar-refractivity contribution in [3.05, 3.63) is 54.1 Å². The van der Waals surface area contributed by atoms with Gasteiger partial charge in [0.05, 0.1) is 17.5 Å². The second kappa shape index (κ2) is 11.2. The number of hydrogen-bond acceptors (Lipinski definition) is 5. The fourth-order valence-corrected chi connectivity index (χ4v) is 4.76. The summed E-state index contributed by atoms with van der Waals surface area (Å²) in [5, 5.41) is 2.89. The maximum Gasteiger partial charge on any atom is 0.308 e. The van der Waals surface area contributed by atoms with E-state index in [1.807, 2.05) is 49.6 Å². The van der Waals surface area contributed by atoms with Gasteiger partial charge in [0, 0.05) is 30.8 Å². The summed E-state index contributed by atoms with van der Waals surface area (Å²) in [6.45, 7) is 5.77. The molecule has 0 radical (unpaired) electrons. The number of anilines is 2. The van der Waals surface area contributed by atoms with Crippen LogP contribution in [0.2, 0.25) is 0 Å². The Hall–Kier alpha value is -3.68. The number of amides is 2. The van der Waals surface area contributed by atoms with Crippen molar-refractivity contribution in [3.8, 4) is 0 Å². The van der Waals surface area contributed by atoms with Crippen molar-refractivity contribution in [1.29, 1.82) is 0 Å². The normalized spacial score (nSPS) is 14.4. The van der Waals surface area contributed by atoms with Crippen LogP contribution in [-0.2, 0) is 20.9 Å². The Kier molecular flexibility index (Phi) is 7.95. The molecule has 1 aliphatic carbocycles. The van der Waals surface area contributed by atoms with Crippen LogP contribution in [-0.4, -0.2) is 40.0 Å². The van der Waals surface area contributed by atoms with E-state index >= 15 is 0 Å². The Morgan fingerprint density at radius 2 is 1.76 bits per heavy atom. The Balaban J connectivity index is 1.62. The van der Waals surface area contributed by atoms with Gasteiger partial charge in [-0.25, -0.2) is 4.98 Å². The zero-order valence-electron chi connectivity index (χ0n) is 22.1. The van der Waals surface area contributed by atoms with Crippen LogP contribution in [0.1, 0.15) is 69.7 Å². The third-order valence-corrected chi connectivity index (χ3v) is 6.62. The average Bonchev–Trinajstić information content (AvgIpc) is 3.22. The minimum atomic E-state index is -0.581. The highest BCUT2D eigenvalue weighted by Gasteiger charge is 2.25. The molecule has 0 aliphatic heterocycles. The summed E-state index contributed by atoms with van der Waals surface area (Å²) < 4.78 is 7.28. The van der Waals surface area contributed by atoms with E-state index in [0.29, 0.717) is 17.0 Å². The second-order valence-corrected chi connectivity index (χ2v) is 10.6. The number of benzene rings is 2. The van der Waals surface area contributed by atoms with Gasteiger partial charge in [-0.15, -0.1) is 0 Å². The van der Waals surface area contributed by atoms with Gasteiger partial charge in [0.1, 0.15) is 5.60 Å². The van der Waals surface area contributed by atoms with E-state index in [1.54, 1.807) is 36.2 Å². The molecule has 4 rings (SSSR count). The Morgan fingerprint density at radius 3 is 2.43 bits per heavy atom. The predicted octanol–water partition coefficient (Wildman–Crippen LogP) is 5.56.